The predicted octanol–water partition coefficient (Wildman–Crippen LogP) is 6.03. The average Bonchev–Trinajstić information content (AvgIpc) is 3.50. The summed E-state index contributed by atoms with van der Waals surface area (Å²) in [7, 11) is 3.20. The van der Waals surface area contributed by atoms with E-state index in [0.29, 0.717) is 58.6 Å². The fourth-order valence-electron chi connectivity index (χ4n) is 4.96. The van der Waals surface area contributed by atoms with Crippen molar-refractivity contribution in [2.45, 2.75) is 25.8 Å². The molecule has 2 N–H and O–H groups in total. The molecule has 0 spiro atoms. The lowest BCUT2D eigenvalue weighted by molar-refractivity contribution is 0.0745. The van der Waals surface area contributed by atoms with E-state index in [-0.39, 0.29) is 11.7 Å². The normalized spacial score (nSPS) is 14.4. The van der Waals surface area contributed by atoms with E-state index in [1.54, 1.807) is 26.4 Å². The Bertz CT molecular complexity index is 1500. The Hall–Kier alpha value is -4.17. The van der Waals surface area contributed by atoms with E-state index >= 15 is 0 Å². The Kier molecular flexibility index (Phi) is 7.65. The molecule has 0 radical (unpaired) electrons. The number of rotatable bonds is 10. The summed E-state index contributed by atoms with van der Waals surface area (Å²) >= 11 is 6.27. The van der Waals surface area contributed by atoms with Gasteiger partial charge in [-0.1, -0.05) is 36.7 Å². The van der Waals surface area contributed by atoms with Crippen LogP contribution in [-0.2, 0) is 6.42 Å². The maximum Gasteiger partial charge on any atom is 0.273 e. The lowest BCUT2D eigenvalue weighted by Gasteiger charge is -2.27. The molecule has 0 bridgehead atoms. The number of carbonyl (C=O) groups excluding carboxylic acids is 1. The van der Waals surface area contributed by atoms with Crippen LogP contribution in [-0.4, -0.2) is 53.5 Å². The minimum Gasteiger partial charge on any atom is -0.507 e. The first-order valence-corrected chi connectivity index (χ1v) is 13.1. The Labute approximate surface area is 232 Å². The van der Waals surface area contributed by atoms with Gasteiger partial charge in [0.1, 0.15) is 22.9 Å². The zero-order chi connectivity index (χ0) is 27.5. The number of fused-ring (bicyclic) bond motifs is 1. The molecule has 0 saturated carbocycles. The van der Waals surface area contributed by atoms with Crippen molar-refractivity contribution >= 4 is 17.5 Å². The van der Waals surface area contributed by atoms with Crippen molar-refractivity contribution < 1.29 is 24.1 Å². The number of aromatic amines is 1. The van der Waals surface area contributed by atoms with Crippen LogP contribution in [0.3, 0.4) is 0 Å². The molecule has 39 heavy (non-hydrogen) atoms. The van der Waals surface area contributed by atoms with E-state index in [2.05, 4.69) is 17.1 Å². The third kappa shape index (κ3) is 5.12. The van der Waals surface area contributed by atoms with Gasteiger partial charge in [0.05, 0.1) is 26.9 Å². The molecule has 4 aromatic rings. The van der Waals surface area contributed by atoms with Crippen molar-refractivity contribution in [3.63, 3.8) is 0 Å². The molecule has 9 heteroatoms. The van der Waals surface area contributed by atoms with Crippen molar-refractivity contribution in [1.29, 1.82) is 0 Å². The number of phenols is 1. The van der Waals surface area contributed by atoms with Crippen LogP contribution in [0, 0.1) is 0 Å². The smallest absolute Gasteiger partial charge is 0.273 e. The zero-order valence-corrected chi connectivity index (χ0v) is 22.8. The van der Waals surface area contributed by atoms with Crippen LogP contribution in [0.1, 0.15) is 46.6 Å². The van der Waals surface area contributed by atoms with Crippen LogP contribution in [0.15, 0.2) is 60.7 Å². The second-order valence-electron chi connectivity index (χ2n) is 9.28. The highest BCUT2D eigenvalue weighted by Gasteiger charge is 2.42. The Morgan fingerprint density at radius 3 is 2.64 bits per heavy atom. The Balaban J connectivity index is 1.56. The first-order valence-electron chi connectivity index (χ1n) is 12.8. The molecule has 0 fully saturated rings. The Morgan fingerprint density at radius 1 is 1.05 bits per heavy atom. The van der Waals surface area contributed by atoms with Crippen LogP contribution in [0.4, 0.5) is 0 Å². The molecule has 1 unspecified atom stereocenters. The first kappa shape index (κ1) is 26.4. The monoisotopic (exact) mass is 547 g/mol. The summed E-state index contributed by atoms with van der Waals surface area (Å²) in [6.45, 7) is 3.08. The summed E-state index contributed by atoms with van der Waals surface area (Å²) in [5.74, 6) is 1.87. The molecule has 202 valence electrons. The molecular formula is C30H30ClN3O5. The largest absolute Gasteiger partial charge is 0.507 e. The van der Waals surface area contributed by atoms with Gasteiger partial charge in [-0.05, 0) is 66.4 Å². The number of nitrogens with one attached hydrogen (secondary N) is 1. The van der Waals surface area contributed by atoms with E-state index in [1.807, 2.05) is 47.4 Å². The van der Waals surface area contributed by atoms with Gasteiger partial charge < -0.3 is 24.2 Å². The van der Waals surface area contributed by atoms with Crippen LogP contribution in [0.25, 0.3) is 11.3 Å². The van der Waals surface area contributed by atoms with Gasteiger partial charge in [-0.3, -0.25) is 9.89 Å². The van der Waals surface area contributed by atoms with E-state index in [4.69, 9.17) is 25.8 Å². The Morgan fingerprint density at radius 2 is 1.87 bits per heavy atom. The van der Waals surface area contributed by atoms with Crippen LogP contribution in [0.5, 0.6) is 23.0 Å². The first-order chi connectivity index (χ1) is 18.9. The number of hydrogen-bond donors (Lipinski definition) is 2. The number of aromatic nitrogens is 2. The van der Waals surface area contributed by atoms with Gasteiger partial charge in [0, 0.05) is 22.7 Å². The molecule has 3 aromatic carbocycles. The van der Waals surface area contributed by atoms with Crippen molar-refractivity contribution in [2.24, 2.45) is 0 Å². The summed E-state index contributed by atoms with van der Waals surface area (Å²) < 4.78 is 16.7. The van der Waals surface area contributed by atoms with Gasteiger partial charge in [-0.25, -0.2) is 0 Å². The number of halogens is 1. The number of carbonyl (C=O) groups is 1. The molecule has 1 aliphatic heterocycles. The number of nitrogens with zero attached hydrogens (tertiary/aromatic N) is 2. The number of amides is 1. The molecule has 2 heterocycles. The lowest BCUT2D eigenvalue weighted by Crippen LogP contribution is -2.31. The minimum atomic E-state index is -0.454. The number of ether oxygens (including phenoxy) is 3. The summed E-state index contributed by atoms with van der Waals surface area (Å²) in [6, 6.07) is 17.8. The average molecular weight is 548 g/mol. The highest BCUT2D eigenvalue weighted by Crippen LogP contribution is 2.45. The topological polar surface area (TPSA) is 96.9 Å². The standard InChI is InChI=1S/C30H30ClN3O5/c1-4-14-39-21-7-5-6-19(16-21)29-26-27(22-17-20(31)9-10-23(22)35)32-33-28(26)30(36)34(29)13-12-18-8-11-24(37-2)25(15-18)38-3/h5-11,15-17,29,35H,4,12-14H2,1-3H3,(H,32,33). The van der Waals surface area contributed by atoms with Crippen LogP contribution >= 0.6 is 11.6 Å². The number of methoxy groups -OCH3 is 2. The van der Waals surface area contributed by atoms with E-state index in [9.17, 15) is 9.90 Å². The maximum absolute atomic E-state index is 13.8. The summed E-state index contributed by atoms with van der Waals surface area (Å²) in [5.41, 5.74) is 3.90. The fourth-order valence-corrected chi connectivity index (χ4v) is 5.13. The summed E-state index contributed by atoms with van der Waals surface area (Å²) in [4.78, 5) is 15.6. The molecular weight excluding hydrogens is 518 g/mol. The van der Waals surface area contributed by atoms with Crippen molar-refractivity contribution in [3.8, 4) is 34.3 Å². The third-order valence-corrected chi connectivity index (χ3v) is 7.05. The predicted molar refractivity (Wildman–Crippen MR) is 149 cm³/mol. The number of benzene rings is 3. The number of aromatic hydroxyl groups is 1. The highest BCUT2D eigenvalue weighted by atomic mass is 35.5. The molecule has 1 atom stereocenters. The molecule has 5 rings (SSSR count). The van der Waals surface area contributed by atoms with Crippen LogP contribution in [0.2, 0.25) is 5.02 Å². The van der Waals surface area contributed by atoms with Gasteiger partial charge in [-0.15, -0.1) is 0 Å². The minimum absolute atomic E-state index is 0.0312. The van der Waals surface area contributed by atoms with E-state index in [0.717, 1.165) is 23.3 Å². The van der Waals surface area contributed by atoms with Gasteiger partial charge in [0.2, 0.25) is 0 Å². The van der Waals surface area contributed by atoms with Gasteiger partial charge in [0.15, 0.2) is 11.5 Å². The second-order valence-corrected chi connectivity index (χ2v) is 9.72. The van der Waals surface area contributed by atoms with Gasteiger partial charge in [0.25, 0.3) is 5.91 Å². The molecule has 8 nitrogen and oxygen atoms in total. The van der Waals surface area contributed by atoms with E-state index in [1.165, 1.54) is 6.07 Å². The van der Waals surface area contributed by atoms with Crippen molar-refractivity contribution in [2.75, 3.05) is 27.4 Å². The maximum atomic E-state index is 13.8. The van der Waals surface area contributed by atoms with Gasteiger partial charge >= 0.3 is 0 Å². The number of H-pyrrole nitrogens is 1. The molecule has 1 aromatic heterocycles. The number of phenolic OH excluding ortho intramolecular Hbond substituents is 1. The van der Waals surface area contributed by atoms with Gasteiger partial charge in [-0.2, -0.15) is 5.10 Å². The van der Waals surface area contributed by atoms with E-state index < -0.39 is 6.04 Å². The molecule has 1 amide bonds. The van der Waals surface area contributed by atoms with Crippen molar-refractivity contribution in [3.05, 3.63) is 88.1 Å². The lowest BCUT2D eigenvalue weighted by atomic mass is 9.95. The fraction of sp³-hybridized carbons (Fsp3) is 0.267. The SMILES string of the molecule is CCCOc1cccc(C2c3c(-c4cc(Cl)ccc4O)n[nH]c3C(=O)N2CCc2ccc(OC)c(OC)c2)c1. The molecule has 0 aliphatic carbocycles. The highest BCUT2D eigenvalue weighted by molar-refractivity contribution is 6.31. The second kappa shape index (κ2) is 11.3. The van der Waals surface area contributed by atoms with Crippen LogP contribution < -0.4 is 14.2 Å². The third-order valence-electron chi connectivity index (χ3n) is 6.81. The van der Waals surface area contributed by atoms with Crippen molar-refractivity contribution in [1.82, 2.24) is 15.1 Å². The molecule has 1 aliphatic rings. The number of hydrogen-bond acceptors (Lipinski definition) is 6. The molecule has 0 saturated heterocycles. The quantitative estimate of drug-likeness (QED) is 0.252. The summed E-state index contributed by atoms with van der Waals surface area (Å²) in [5, 5.41) is 18.5. The summed E-state index contributed by atoms with van der Waals surface area (Å²) in [6.07, 6.45) is 1.47. The zero-order valence-electron chi connectivity index (χ0n) is 22.0.